The van der Waals surface area contributed by atoms with Crippen molar-refractivity contribution in [3.8, 4) is 11.5 Å². The van der Waals surface area contributed by atoms with Gasteiger partial charge in [-0.2, -0.15) is 5.10 Å². The minimum atomic E-state index is -0.744. The van der Waals surface area contributed by atoms with Crippen molar-refractivity contribution in [3.63, 3.8) is 0 Å². The number of anilines is 3. The molecule has 0 bridgehead atoms. The average molecular weight is 530 g/mol. The normalized spacial score (nSPS) is 11.4. The van der Waals surface area contributed by atoms with Crippen molar-refractivity contribution < 1.29 is 14.3 Å². The van der Waals surface area contributed by atoms with Gasteiger partial charge in [0.05, 0.1) is 53.1 Å². The molecule has 10 nitrogen and oxygen atoms in total. The average Bonchev–Trinajstić information content (AvgIpc) is 3.42. The standard InChI is InChI=1S/C24H25Cl2N7O3/c1-7-18(34)28-14-11-33(4)32-22(14)31-17-8-12-13(10-27-17)30-23(29-12)24(2,3)19-20(25)15(35-5)9-16(36-6)21(19)26/h7-11H,1H2,2-6H3,(H,28,34)(H,29,30)(H,27,31,32). The number of amides is 1. The maximum atomic E-state index is 11.8. The highest BCUT2D eigenvalue weighted by molar-refractivity contribution is 6.38. The van der Waals surface area contributed by atoms with Crippen molar-refractivity contribution in [1.82, 2.24) is 24.7 Å². The Balaban J connectivity index is 1.72. The van der Waals surface area contributed by atoms with Gasteiger partial charge in [0.1, 0.15) is 28.8 Å². The lowest BCUT2D eigenvalue weighted by atomic mass is 9.83. The molecule has 1 amide bonds. The van der Waals surface area contributed by atoms with E-state index in [0.29, 0.717) is 61.3 Å². The Bertz CT molecular complexity index is 1450. The van der Waals surface area contributed by atoms with Crippen molar-refractivity contribution in [1.29, 1.82) is 0 Å². The summed E-state index contributed by atoms with van der Waals surface area (Å²) in [5.74, 6) is 2.08. The first-order valence-corrected chi connectivity index (χ1v) is 11.5. The second-order valence-electron chi connectivity index (χ2n) is 8.46. The van der Waals surface area contributed by atoms with E-state index in [0.717, 1.165) is 0 Å². The summed E-state index contributed by atoms with van der Waals surface area (Å²) >= 11 is 13.4. The third kappa shape index (κ3) is 4.57. The molecule has 36 heavy (non-hydrogen) atoms. The van der Waals surface area contributed by atoms with Gasteiger partial charge in [-0.25, -0.2) is 9.97 Å². The molecule has 3 aromatic heterocycles. The molecule has 0 atom stereocenters. The van der Waals surface area contributed by atoms with E-state index < -0.39 is 5.41 Å². The number of H-pyrrole nitrogens is 1. The van der Waals surface area contributed by atoms with Crippen molar-refractivity contribution in [2.75, 3.05) is 24.9 Å². The lowest BCUT2D eigenvalue weighted by Gasteiger charge is -2.27. The predicted octanol–water partition coefficient (Wildman–Crippen LogP) is 5.21. The SMILES string of the molecule is C=CC(=O)Nc1cn(C)nc1Nc1cc2nc(C(C)(C)c3c(Cl)c(OC)cc(OC)c3Cl)[nH]c2cn1. The van der Waals surface area contributed by atoms with Gasteiger partial charge in [-0.3, -0.25) is 9.48 Å². The van der Waals surface area contributed by atoms with E-state index in [1.807, 2.05) is 13.8 Å². The molecule has 0 saturated carbocycles. The first-order valence-electron chi connectivity index (χ1n) is 10.8. The number of hydrogen-bond acceptors (Lipinski definition) is 7. The quantitative estimate of drug-likeness (QED) is 0.268. The minimum absolute atomic E-state index is 0.347. The van der Waals surface area contributed by atoms with E-state index in [9.17, 15) is 4.79 Å². The lowest BCUT2D eigenvalue weighted by molar-refractivity contribution is -0.111. The van der Waals surface area contributed by atoms with Gasteiger partial charge in [0.25, 0.3) is 0 Å². The fraction of sp³-hybridized carbons (Fsp3) is 0.250. The molecule has 0 spiro atoms. The number of nitrogens with one attached hydrogen (secondary N) is 3. The zero-order chi connectivity index (χ0) is 26.2. The van der Waals surface area contributed by atoms with Crippen molar-refractivity contribution in [3.05, 3.63) is 58.6 Å². The Morgan fingerprint density at radius 1 is 1.19 bits per heavy atom. The van der Waals surface area contributed by atoms with Crippen LogP contribution >= 0.6 is 23.2 Å². The summed E-state index contributed by atoms with van der Waals surface area (Å²) in [7, 11) is 4.81. The van der Waals surface area contributed by atoms with E-state index in [-0.39, 0.29) is 5.91 Å². The molecule has 4 rings (SSSR count). The van der Waals surface area contributed by atoms with Gasteiger partial charge in [-0.05, 0) is 19.9 Å². The van der Waals surface area contributed by atoms with E-state index in [2.05, 4.69) is 32.3 Å². The zero-order valence-corrected chi connectivity index (χ0v) is 21.9. The van der Waals surface area contributed by atoms with Crippen LogP contribution in [0.2, 0.25) is 10.0 Å². The number of carbonyl (C=O) groups excluding carboxylic acids is 1. The lowest BCUT2D eigenvalue weighted by Crippen LogP contribution is -2.22. The topological polar surface area (TPSA) is 119 Å². The monoisotopic (exact) mass is 529 g/mol. The molecule has 0 unspecified atom stereocenters. The third-order valence-corrected chi connectivity index (χ3v) is 6.43. The number of ether oxygens (including phenoxy) is 2. The van der Waals surface area contributed by atoms with Gasteiger partial charge in [0, 0.05) is 24.7 Å². The van der Waals surface area contributed by atoms with Gasteiger partial charge >= 0.3 is 0 Å². The molecule has 0 saturated heterocycles. The fourth-order valence-electron chi connectivity index (χ4n) is 3.80. The van der Waals surface area contributed by atoms with Crippen molar-refractivity contribution in [2.45, 2.75) is 19.3 Å². The smallest absolute Gasteiger partial charge is 0.247 e. The second kappa shape index (κ2) is 9.71. The fourth-order valence-corrected chi connectivity index (χ4v) is 4.78. The van der Waals surface area contributed by atoms with Crippen LogP contribution in [0, 0.1) is 0 Å². The zero-order valence-electron chi connectivity index (χ0n) is 20.4. The third-order valence-electron chi connectivity index (χ3n) is 5.68. The largest absolute Gasteiger partial charge is 0.495 e. The molecule has 3 heterocycles. The van der Waals surface area contributed by atoms with Gasteiger partial charge in [-0.15, -0.1) is 0 Å². The molecule has 0 aliphatic rings. The van der Waals surface area contributed by atoms with E-state index in [1.165, 1.54) is 20.3 Å². The summed E-state index contributed by atoms with van der Waals surface area (Å²) in [4.78, 5) is 24.3. The number of aromatic nitrogens is 5. The van der Waals surface area contributed by atoms with Crippen LogP contribution < -0.4 is 20.1 Å². The highest BCUT2D eigenvalue weighted by atomic mass is 35.5. The Hall–Kier alpha value is -3.76. The summed E-state index contributed by atoms with van der Waals surface area (Å²) in [6.07, 6.45) is 4.52. The number of hydrogen-bond donors (Lipinski definition) is 3. The maximum Gasteiger partial charge on any atom is 0.247 e. The van der Waals surface area contributed by atoms with E-state index in [1.54, 1.807) is 36.3 Å². The Labute approximate surface area is 217 Å². The van der Waals surface area contributed by atoms with Crippen LogP contribution in [0.4, 0.5) is 17.3 Å². The molecule has 0 aliphatic carbocycles. The van der Waals surface area contributed by atoms with Crippen molar-refractivity contribution >= 4 is 57.5 Å². The first kappa shape index (κ1) is 25.3. The van der Waals surface area contributed by atoms with Crippen molar-refractivity contribution in [2.24, 2.45) is 7.05 Å². The molecular weight excluding hydrogens is 505 g/mol. The number of pyridine rings is 1. The highest BCUT2D eigenvalue weighted by Gasteiger charge is 2.34. The number of nitrogens with zero attached hydrogens (tertiary/aromatic N) is 4. The summed E-state index contributed by atoms with van der Waals surface area (Å²) in [6.45, 7) is 7.37. The Morgan fingerprint density at radius 2 is 1.86 bits per heavy atom. The van der Waals surface area contributed by atoms with Crippen LogP contribution in [-0.4, -0.2) is 44.9 Å². The molecule has 3 N–H and O–H groups in total. The molecule has 0 radical (unpaired) electrons. The molecule has 0 fully saturated rings. The molecular formula is C24H25Cl2N7O3. The number of fused-ring (bicyclic) bond motifs is 1. The van der Waals surface area contributed by atoms with Gasteiger partial charge in [-0.1, -0.05) is 29.8 Å². The second-order valence-corrected chi connectivity index (χ2v) is 9.22. The van der Waals surface area contributed by atoms with Crippen LogP contribution in [0.3, 0.4) is 0 Å². The summed E-state index contributed by atoms with van der Waals surface area (Å²) in [5, 5.41) is 10.9. The van der Waals surface area contributed by atoms with Crippen LogP contribution in [0.5, 0.6) is 11.5 Å². The van der Waals surface area contributed by atoms with Crippen LogP contribution in [0.1, 0.15) is 25.2 Å². The van der Waals surface area contributed by atoms with Crippen LogP contribution in [0.15, 0.2) is 37.2 Å². The van der Waals surface area contributed by atoms with Gasteiger partial charge in [0.2, 0.25) is 5.91 Å². The number of aryl methyl sites for hydroxylation is 1. The molecule has 188 valence electrons. The maximum absolute atomic E-state index is 11.8. The van der Waals surface area contributed by atoms with Gasteiger partial charge in [0.15, 0.2) is 5.82 Å². The highest BCUT2D eigenvalue weighted by Crippen LogP contribution is 2.47. The number of imidazole rings is 1. The molecule has 0 aliphatic heterocycles. The van der Waals surface area contributed by atoms with E-state index in [4.69, 9.17) is 37.7 Å². The number of aromatic amines is 1. The first-order chi connectivity index (χ1) is 17.1. The summed E-state index contributed by atoms with van der Waals surface area (Å²) in [5.41, 5.74) is 1.73. The molecule has 12 heteroatoms. The van der Waals surface area contributed by atoms with E-state index >= 15 is 0 Å². The number of rotatable bonds is 8. The van der Waals surface area contributed by atoms with Gasteiger partial charge < -0.3 is 25.1 Å². The number of methoxy groups -OCH3 is 2. The van der Waals surface area contributed by atoms with Crippen LogP contribution in [-0.2, 0) is 17.3 Å². The summed E-state index contributed by atoms with van der Waals surface area (Å²) in [6, 6.07) is 3.42. The number of carbonyl (C=O) groups is 1. The predicted molar refractivity (Wildman–Crippen MR) is 141 cm³/mol. The molecule has 4 aromatic rings. The summed E-state index contributed by atoms with van der Waals surface area (Å²) < 4.78 is 12.4. The van der Waals surface area contributed by atoms with Crippen LogP contribution in [0.25, 0.3) is 11.0 Å². The number of benzene rings is 1. The minimum Gasteiger partial charge on any atom is -0.495 e. The molecule has 1 aromatic carbocycles. The Morgan fingerprint density at radius 3 is 2.47 bits per heavy atom. The Kier molecular flexibility index (Phi) is 6.83. The number of halogens is 2.